The van der Waals surface area contributed by atoms with Crippen LogP contribution in [0.2, 0.25) is 5.02 Å². The van der Waals surface area contributed by atoms with Gasteiger partial charge in [-0.25, -0.2) is 0 Å². The van der Waals surface area contributed by atoms with Crippen LogP contribution in [0.15, 0.2) is 42.5 Å². The molecule has 1 amide bonds. The number of aliphatic hydroxyl groups is 5. The number of carbonyl (C=O) groups is 3. The highest BCUT2D eigenvalue weighted by Gasteiger charge is 2.53. The van der Waals surface area contributed by atoms with E-state index in [0.29, 0.717) is 64.4 Å². The molecule has 19 nitrogen and oxygen atoms in total. The molecular formula is C58H89ClN4O15. The predicted octanol–water partition coefficient (Wildman–Crippen LogP) is 5.29. The van der Waals surface area contributed by atoms with Crippen molar-refractivity contribution in [2.75, 3.05) is 40.9 Å². The summed E-state index contributed by atoms with van der Waals surface area (Å²) >= 11 is 6.13. The average molecular weight is 1120 g/mol. The van der Waals surface area contributed by atoms with Gasteiger partial charge in [0.25, 0.3) is 5.91 Å². The van der Waals surface area contributed by atoms with E-state index in [9.17, 15) is 39.9 Å². The summed E-state index contributed by atoms with van der Waals surface area (Å²) in [6, 6.07) is 10.9. The quantitative estimate of drug-likeness (QED) is 0.0755. The number of nitrogens with zero attached hydrogens (tertiary/aromatic N) is 2. The average Bonchev–Trinajstić information content (AvgIpc) is 3.80. The molecule has 20 heteroatoms. The van der Waals surface area contributed by atoms with E-state index in [1.165, 1.54) is 14.0 Å². The van der Waals surface area contributed by atoms with Crippen LogP contribution in [0.4, 0.5) is 0 Å². The number of aliphatic hydroxyl groups excluding tert-OH is 3. The molecule has 0 bridgehead atoms. The van der Waals surface area contributed by atoms with Crippen LogP contribution in [-0.2, 0) is 44.4 Å². The van der Waals surface area contributed by atoms with Gasteiger partial charge in [0.2, 0.25) is 5.91 Å². The van der Waals surface area contributed by atoms with Gasteiger partial charge in [0.15, 0.2) is 12.6 Å². The number of ether oxygens (including phenoxy) is 7. The molecule has 3 aromatic rings. The second-order valence-corrected chi connectivity index (χ2v) is 23.5. The molecule has 0 aliphatic carbocycles. The summed E-state index contributed by atoms with van der Waals surface area (Å²) in [5.41, 5.74) is -2.44. The first kappa shape index (κ1) is 63.4. The number of aromatic nitrogens is 1. The van der Waals surface area contributed by atoms with Gasteiger partial charge >= 0.3 is 5.97 Å². The van der Waals surface area contributed by atoms with Gasteiger partial charge in [-0.2, -0.15) is 0 Å². The van der Waals surface area contributed by atoms with Crippen molar-refractivity contribution in [3.05, 3.63) is 64.3 Å². The third-order valence-electron chi connectivity index (χ3n) is 16.9. The van der Waals surface area contributed by atoms with E-state index in [1.807, 2.05) is 24.8 Å². The van der Waals surface area contributed by atoms with Crippen LogP contribution in [0.1, 0.15) is 123 Å². The Morgan fingerprint density at radius 2 is 1.60 bits per heavy atom. The molecule has 4 heterocycles. The smallest absolute Gasteiger partial charge is 0.311 e. The fourth-order valence-corrected chi connectivity index (χ4v) is 12.4. The molecule has 18 atom stereocenters. The molecule has 0 unspecified atom stereocenters. The third-order valence-corrected chi connectivity index (χ3v) is 17.1. The van der Waals surface area contributed by atoms with Gasteiger partial charge in [-0.15, -0.1) is 0 Å². The first-order chi connectivity index (χ1) is 36.6. The standard InChI is InChI=1S/C58H89ClN4O15/c1-15-45-58(11,71)50(66)36(7)62(24-16-23-61-46(64)27-41-35(6)63(44-22-21-40(72-13)26-42(41)44)53(68)38-17-19-39(59)20-18-38)30-31(2)28-56(9,70)52(78-55-48(65)43(60-12)25-32(3)74-55)33(4)49(34(5)54(69)76-45)77-47-29-57(10,73-14)51(67)37(8)75-47/h17-22,26,31-34,36-37,43,45,47-52,55,60,65-67,70-71H,15-16,23-25,27-30H2,1-14H3,(H,61,64)/t31-,32-,33+,34-,36-,37+,43+,45-,47+,48-,49+,50-,51+,52-,55+,56-,57-,58-/m1/s1. The van der Waals surface area contributed by atoms with Gasteiger partial charge in [0.05, 0.1) is 60.6 Å². The topological polar surface area (TPSA) is 249 Å². The molecule has 1 aromatic heterocycles. The van der Waals surface area contributed by atoms with Crippen molar-refractivity contribution < 1.29 is 73.1 Å². The fraction of sp³-hybridized carbons (Fsp3) is 0.707. The van der Waals surface area contributed by atoms with Crippen LogP contribution >= 0.6 is 11.6 Å². The Bertz CT molecular complexity index is 2490. The lowest BCUT2D eigenvalue weighted by molar-refractivity contribution is -0.316. The van der Waals surface area contributed by atoms with Crippen molar-refractivity contribution in [2.24, 2.45) is 17.8 Å². The van der Waals surface area contributed by atoms with Crippen LogP contribution in [0, 0.1) is 24.7 Å². The summed E-state index contributed by atoms with van der Waals surface area (Å²) in [7, 11) is 4.79. The lowest BCUT2D eigenvalue weighted by atomic mass is 9.77. The maximum absolute atomic E-state index is 14.7. The summed E-state index contributed by atoms with van der Waals surface area (Å²) in [4.78, 5) is 44.5. The Balaban J connectivity index is 1.29. The zero-order valence-electron chi connectivity index (χ0n) is 48.2. The monoisotopic (exact) mass is 1120 g/mol. The molecule has 78 heavy (non-hydrogen) atoms. The number of rotatable bonds is 15. The van der Waals surface area contributed by atoms with E-state index < -0.39 is 102 Å². The number of hydrogen-bond donors (Lipinski definition) is 7. The van der Waals surface area contributed by atoms with E-state index in [0.717, 1.165) is 0 Å². The molecule has 438 valence electrons. The molecule has 7 N–H and O–H groups in total. The number of fused-ring (bicyclic) bond motifs is 1. The van der Waals surface area contributed by atoms with Gasteiger partial charge in [-0.05, 0) is 142 Å². The summed E-state index contributed by atoms with van der Waals surface area (Å²) < 4.78 is 45.2. The maximum Gasteiger partial charge on any atom is 0.311 e. The van der Waals surface area contributed by atoms with Gasteiger partial charge < -0.3 is 69.3 Å². The molecule has 0 saturated carbocycles. The minimum atomic E-state index is -1.97. The number of halogens is 1. The fourth-order valence-electron chi connectivity index (χ4n) is 12.2. The van der Waals surface area contributed by atoms with Crippen LogP contribution in [0.25, 0.3) is 10.9 Å². The van der Waals surface area contributed by atoms with Crippen molar-refractivity contribution in [1.29, 1.82) is 0 Å². The van der Waals surface area contributed by atoms with Crippen LogP contribution in [0.3, 0.4) is 0 Å². The number of likely N-dealkylation sites (N-methyl/N-ethyl adjacent to an activating group) is 1. The van der Waals surface area contributed by atoms with E-state index >= 15 is 0 Å². The molecule has 2 aromatic carbocycles. The Kier molecular flexibility index (Phi) is 21.5. The zero-order chi connectivity index (χ0) is 57.8. The molecule has 3 fully saturated rings. The molecule has 0 radical (unpaired) electrons. The molecule has 0 spiro atoms. The SMILES string of the molecule is CC[C@H]1OC(=O)[C@H](C)[C@@H](O[C@H]2C[C@@](C)(OC)[C@@H](O)[C@H](C)O2)[C@H](C)[C@@H](O[C@@H]2O[C@H](C)C[C@H](NC)[C@H]2O)[C@](C)(O)C[C@@H](C)CN(CCCNC(=O)Cc2c(C)n(C(=O)c3ccc(Cl)cc3)c3ccc(OC)cc23)[C@H](C)[C@@H](O)[C@]1(C)O. The molecule has 3 aliphatic heterocycles. The summed E-state index contributed by atoms with van der Waals surface area (Å²) in [5, 5.41) is 67.7. The van der Waals surface area contributed by atoms with Crippen molar-refractivity contribution in [2.45, 2.75) is 205 Å². The number of nitrogens with one attached hydrogen (secondary N) is 2. The summed E-state index contributed by atoms with van der Waals surface area (Å²) in [5.74, 6) is -3.01. The second-order valence-electron chi connectivity index (χ2n) is 23.1. The second kappa shape index (κ2) is 26.4. The van der Waals surface area contributed by atoms with E-state index in [-0.39, 0.29) is 56.1 Å². The van der Waals surface area contributed by atoms with Crippen LogP contribution in [0.5, 0.6) is 5.75 Å². The van der Waals surface area contributed by atoms with Crippen molar-refractivity contribution in [1.82, 2.24) is 20.1 Å². The largest absolute Gasteiger partial charge is 0.497 e. The lowest BCUT2D eigenvalue weighted by Crippen LogP contribution is -2.60. The maximum atomic E-state index is 14.7. The lowest BCUT2D eigenvalue weighted by Gasteiger charge is -2.48. The molecular weight excluding hydrogens is 1030 g/mol. The first-order valence-corrected chi connectivity index (χ1v) is 28.0. The van der Waals surface area contributed by atoms with Crippen molar-refractivity contribution >= 4 is 40.3 Å². The van der Waals surface area contributed by atoms with E-state index in [4.69, 9.17) is 44.8 Å². The van der Waals surface area contributed by atoms with Crippen LogP contribution < -0.4 is 15.4 Å². The van der Waals surface area contributed by atoms with Gasteiger partial charge in [-0.1, -0.05) is 32.4 Å². The number of cyclic esters (lactones) is 1. The van der Waals surface area contributed by atoms with Gasteiger partial charge in [0.1, 0.15) is 35.8 Å². The molecule has 6 rings (SSSR count). The number of benzene rings is 2. The van der Waals surface area contributed by atoms with Crippen LogP contribution in [-0.4, -0.2) is 184 Å². The highest BCUT2D eigenvalue weighted by molar-refractivity contribution is 6.30. The van der Waals surface area contributed by atoms with E-state index in [2.05, 4.69) is 10.6 Å². The molecule has 3 aliphatic rings. The van der Waals surface area contributed by atoms with Gasteiger partial charge in [-0.3, -0.25) is 23.9 Å². The van der Waals surface area contributed by atoms with Gasteiger partial charge in [0, 0.05) is 72.8 Å². The highest BCUT2D eigenvalue weighted by Crippen LogP contribution is 2.41. The normalized spacial score (nSPS) is 36.8. The highest BCUT2D eigenvalue weighted by atomic mass is 35.5. The van der Waals surface area contributed by atoms with E-state index in [1.54, 1.807) is 111 Å². The number of esters is 1. The van der Waals surface area contributed by atoms with Crippen molar-refractivity contribution in [3.8, 4) is 5.75 Å². The first-order valence-electron chi connectivity index (χ1n) is 27.6. The Hall–Kier alpha value is -3.80. The Morgan fingerprint density at radius 3 is 2.23 bits per heavy atom. The third kappa shape index (κ3) is 14.1. The minimum Gasteiger partial charge on any atom is -0.497 e. The summed E-state index contributed by atoms with van der Waals surface area (Å²) in [6.07, 6.45) is -9.15. The predicted molar refractivity (Wildman–Crippen MR) is 294 cm³/mol. The Labute approximate surface area is 465 Å². The zero-order valence-corrected chi connectivity index (χ0v) is 48.9. The number of carbonyl (C=O) groups excluding carboxylic acids is 3. The van der Waals surface area contributed by atoms with Crippen molar-refractivity contribution in [3.63, 3.8) is 0 Å². The number of hydrogen-bond acceptors (Lipinski definition) is 17. The Morgan fingerprint density at radius 1 is 0.923 bits per heavy atom. The molecule has 3 saturated heterocycles. The summed E-state index contributed by atoms with van der Waals surface area (Å²) in [6.45, 7) is 20.0. The minimum absolute atomic E-state index is 0.0343. The number of amides is 1. The number of methoxy groups -OCH3 is 2.